The Kier molecular flexibility index (Phi) is 3.02. The number of hydrazine groups is 1. The molecule has 0 aromatic carbocycles. The van der Waals surface area contributed by atoms with Crippen LogP contribution in [-0.4, -0.2) is 9.55 Å². The van der Waals surface area contributed by atoms with Crippen molar-refractivity contribution in [3.05, 3.63) is 22.7 Å². The van der Waals surface area contributed by atoms with Crippen LogP contribution < -0.4 is 16.8 Å². The number of nitrogens with two attached hydrogens (primary N) is 1. The van der Waals surface area contributed by atoms with Gasteiger partial charge < -0.3 is 9.99 Å². The van der Waals surface area contributed by atoms with Crippen molar-refractivity contribution in [2.75, 3.05) is 5.43 Å². The summed E-state index contributed by atoms with van der Waals surface area (Å²) in [7, 11) is 0. The second kappa shape index (κ2) is 4.04. The molecule has 0 saturated carbocycles. The SMILES string of the molecule is CC(C)Cn1ccnc(NN)c1=O. The molecule has 1 heterocycles. The van der Waals surface area contributed by atoms with E-state index in [0.717, 1.165) is 0 Å². The molecular weight excluding hydrogens is 168 g/mol. The van der Waals surface area contributed by atoms with Crippen molar-refractivity contribution in [2.45, 2.75) is 20.4 Å². The lowest BCUT2D eigenvalue weighted by atomic mass is 10.2. The highest BCUT2D eigenvalue weighted by atomic mass is 16.1. The van der Waals surface area contributed by atoms with Gasteiger partial charge in [0.15, 0.2) is 0 Å². The van der Waals surface area contributed by atoms with Crippen molar-refractivity contribution in [2.24, 2.45) is 11.8 Å². The molecule has 1 rings (SSSR count). The van der Waals surface area contributed by atoms with Crippen LogP contribution in [0.2, 0.25) is 0 Å². The van der Waals surface area contributed by atoms with Gasteiger partial charge in [-0.15, -0.1) is 0 Å². The summed E-state index contributed by atoms with van der Waals surface area (Å²) in [6, 6.07) is 0. The van der Waals surface area contributed by atoms with Crippen molar-refractivity contribution >= 4 is 5.82 Å². The number of nitrogens with zero attached hydrogens (tertiary/aromatic N) is 2. The van der Waals surface area contributed by atoms with E-state index in [1.54, 1.807) is 17.0 Å². The summed E-state index contributed by atoms with van der Waals surface area (Å²) in [6.45, 7) is 4.76. The first kappa shape index (κ1) is 9.73. The summed E-state index contributed by atoms with van der Waals surface area (Å²) in [5.74, 6) is 5.73. The summed E-state index contributed by atoms with van der Waals surface area (Å²) in [6.07, 6.45) is 3.21. The standard InChI is InChI=1S/C8H14N4O/c1-6(2)5-12-4-3-10-7(11-9)8(12)13/h3-4,6H,5,9H2,1-2H3,(H,10,11). The molecule has 3 N–H and O–H groups in total. The lowest BCUT2D eigenvalue weighted by molar-refractivity contribution is 0.509. The zero-order valence-electron chi connectivity index (χ0n) is 7.82. The molecule has 0 radical (unpaired) electrons. The molecule has 0 aliphatic heterocycles. The first-order valence-electron chi connectivity index (χ1n) is 4.17. The van der Waals surface area contributed by atoms with Crippen molar-refractivity contribution < 1.29 is 0 Å². The molecule has 0 aliphatic rings. The quantitative estimate of drug-likeness (QED) is 0.517. The minimum absolute atomic E-state index is 0.182. The second-order valence-electron chi connectivity index (χ2n) is 3.27. The van der Waals surface area contributed by atoms with E-state index in [1.165, 1.54) is 0 Å². The highest BCUT2D eigenvalue weighted by Crippen LogP contribution is 1.97. The number of anilines is 1. The molecule has 5 nitrogen and oxygen atoms in total. The van der Waals surface area contributed by atoms with Crippen LogP contribution in [-0.2, 0) is 6.54 Å². The zero-order chi connectivity index (χ0) is 9.84. The van der Waals surface area contributed by atoms with E-state index in [0.29, 0.717) is 12.5 Å². The van der Waals surface area contributed by atoms with E-state index in [2.05, 4.69) is 10.4 Å². The number of hydrogen-bond acceptors (Lipinski definition) is 4. The van der Waals surface area contributed by atoms with Crippen LogP contribution >= 0.6 is 0 Å². The fourth-order valence-electron chi connectivity index (χ4n) is 1.08. The first-order valence-corrected chi connectivity index (χ1v) is 4.17. The molecule has 13 heavy (non-hydrogen) atoms. The third-order valence-corrected chi connectivity index (χ3v) is 1.61. The predicted molar refractivity (Wildman–Crippen MR) is 51.1 cm³/mol. The van der Waals surface area contributed by atoms with Crippen molar-refractivity contribution in [3.63, 3.8) is 0 Å². The molecule has 1 aromatic rings. The van der Waals surface area contributed by atoms with Crippen LogP contribution in [0.4, 0.5) is 5.82 Å². The monoisotopic (exact) mass is 182 g/mol. The second-order valence-corrected chi connectivity index (χ2v) is 3.27. The molecule has 0 amide bonds. The Hall–Kier alpha value is -1.36. The van der Waals surface area contributed by atoms with E-state index in [4.69, 9.17) is 5.84 Å². The first-order chi connectivity index (χ1) is 6.15. The summed E-state index contributed by atoms with van der Waals surface area (Å²) in [5, 5.41) is 0. The van der Waals surface area contributed by atoms with Crippen LogP contribution in [0.1, 0.15) is 13.8 Å². The molecule has 0 unspecified atom stereocenters. The van der Waals surface area contributed by atoms with Crippen LogP contribution in [0, 0.1) is 5.92 Å². The fourth-order valence-corrected chi connectivity index (χ4v) is 1.08. The molecule has 72 valence electrons. The minimum atomic E-state index is -0.182. The summed E-state index contributed by atoms with van der Waals surface area (Å²) in [4.78, 5) is 15.3. The van der Waals surface area contributed by atoms with Gasteiger partial charge in [0, 0.05) is 18.9 Å². The number of nitrogen functional groups attached to an aromatic ring is 1. The van der Waals surface area contributed by atoms with Gasteiger partial charge in [0.25, 0.3) is 5.56 Å². The zero-order valence-corrected chi connectivity index (χ0v) is 7.82. The molecular formula is C8H14N4O. The van der Waals surface area contributed by atoms with Crippen LogP contribution in [0.5, 0.6) is 0 Å². The summed E-state index contributed by atoms with van der Waals surface area (Å²) < 4.78 is 1.59. The predicted octanol–water partition coefficient (Wildman–Crippen LogP) is 0.185. The average Bonchev–Trinajstić information content (AvgIpc) is 2.08. The van der Waals surface area contributed by atoms with E-state index >= 15 is 0 Å². The number of hydrogen-bond donors (Lipinski definition) is 2. The Morgan fingerprint density at radius 3 is 2.92 bits per heavy atom. The molecule has 0 atom stereocenters. The van der Waals surface area contributed by atoms with Gasteiger partial charge in [-0.05, 0) is 5.92 Å². The van der Waals surface area contributed by atoms with Gasteiger partial charge in [-0.25, -0.2) is 10.8 Å². The van der Waals surface area contributed by atoms with E-state index < -0.39 is 0 Å². The lowest BCUT2D eigenvalue weighted by Crippen LogP contribution is -2.27. The van der Waals surface area contributed by atoms with Gasteiger partial charge in [-0.3, -0.25) is 4.79 Å². The van der Waals surface area contributed by atoms with Gasteiger partial charge >= 0.3 is 0 Å². The van der Waals surface area contributed by atoms with Crippen molar-refractivity contribution in [1.29, 1.82) is 0 Å². The number of aromatic nitrogens is 2. The van der Waals surface area contributed by atoms with Crippen molar-refractivity contribution in [1.82, 2.24) is 9.55 Å². The Labute approximate surface area is 76.6 Å². The van der Waals surface area contributed by atoms with Crippen LogP contribution in [0.15, 0.2) is 17.2 Å². The average molecular weight is 182 g/mol. The van der Waals surface area contributed by atoms with Crippen LogP contribution in [0.25, 0.3) is 0 Å². The van der Waals surface area contributed by atoms with Gasteiger partial charge in [-0.2, -0.15) is 0 Å². The largest absolute Gasteiger partial charge is 0.311 e. The maximum atomic E-state index is 11.5. The van der Waals surface area contributed by atoms with E-state index in [9.17, 15) is 4.79 Å². The van der Waals surface area contributed by atoms with Gasteiger partial charge in [0.1, 0.15) is 0 Å². The number of nitrogens with one attached hydrogen (secondary N) is 1. The van der Waals surface area contributed by atoms with Crippen molar-refractivity contribution in [3.8, 4) is 0 Å². The third-order valence-electron chi connectivity index (χ3n) is 1.61. The molecule has 0 aliphatic carbocycles. The maximum absolute atomic E-state index is 11.5. The number of rotatable bonds is 3. The maximum Gasteiger partial charge on any atom is 0.294 e. The Morgan fingerprint density at radius 1 is 1.69 bits per heavy atom. The molecule has 0 saturated heterocycles. The van der Waals surface area contributed by atoms with Gasteiger partial charge in [-0.1, -0.05) is 13.8 Å². The lowest BCUT2D eigenvalue weighted by Gasteiger charge is -2.08. The Bertz CT molecular complexity index is 331. The Balaban J connectivity index is 3.02. The third kappa shape index (κ3) is 2.29. The minimum Gasteiger partial charge on any atom is -0.311 e. The summed E-state index contributed by atoms with van der Waals surface area (Å²) in [5.41, 5.74) is 2.08. The van der Waals surface area contributed by atoms with Crippen LogP contribution in [0.3, 0.4) is 0 Å². The summed E-state index contributed by atoms with van der Waals surface area (Å²) >= 11 is 0. The highest BCUT2D eigenvalue weighted by molar-refractivity contribution is 5.28. The molecule has 0 bridgehead atoms. The van der Waals surface area contributed by atoms with E-state index in [-0.39, 0.29) is 11.4 Å². The smallest absolute Gasteiger partial charge is 0.294 e. The topological polar surface area (TPSA) is 72.9 Å². The molecule has 1 aromatic heterocycles. The highest BCUT2D eigenvalue weighted by Gasteiger charge is 2.03. The normalized spacial score (nSPS) is 10.5. The molecule has 0 fully saturated rings. The van der Waals surface area contributed by atoms with E-state index in [1.807, 2.05) is 13.8 Å². The van der Waals surface area contributed by atoms with Gasteiger partial charge in [0.05, 0.1) is 0 Å². The van der Waals surface area contributed by atoms with Gasteiger partial charge in [0.2, 0.25) is 5.82 Å². The molecule has 5 heteroatoms. The molecule has 0 spiro atoms. The Morgan fingerprint density at radius 2 is 2.38 bits per heavy atom. The fraction of sp³-hybridized carbons (Fsp3) is 0.500.